The van der Waals surface area contributed by atoms with Crippen molar-refractivity contribution in [3.63, 3.8) is 0 Å². The molecular weight excluding hydrogens is 516 g/mol. The molecule has 2 nitrogen and oxygen atoms in total. The molecule has 7 rings (SSSR count). The van der Waals surface area contributed by atoms with E-state index in [0.29, 0.717) is 0 Å². The van der Waals surface area contributed by atoms with Gasteiger partial charge in [-0.15, -0.1) is 0 Å². The zero-order valence-corrected chi connectivity index (χ0v) is 20.0. The van der Waals surface area contributed by atoms with E-state index in [-0.39, 0.29) is 5.41 Å². The lowest BCUT2D eigenvalue weighted by Crippen LogP contribution is -2.15. The Morgan fingerprint density at radius 2 is 1.19 bits per heavy atom. The molecule has 0 radical (unpaired) electrons. The van der Waals surface area contributed by atoms with E-state index in [0.717, 1.165) is 52.8 Å². The summed E-state index contributed by atoms with van der Waals surface area (Å²) in [6, 6.07) is 21.0. The topological polar surface area (TPSA) is 26.3 Å². The lowest BCUT2D eigenvalue weighted by atomic mass is 9.82. The Bertz CT molecular complexity index is 1730. The van der Waals surface area contributed by atoms with Crippen LogP contribution in [0.4, 0.5) is 0 Å². The molecule has 0 bridgehead atoms. The molecule has 150 valence electrons. The molecule has 0 atom stereocenters. The van der Waals surface area contributed by atoms with Crippen LogP contribution in [0.25, 0.3) is 55.0 Å². The highest BCUT2D eigenvalue weighted by molar-refractivity contribution is 9.11. The van der Waals surface area contributed by atoms with E-state index in [1.165, 1.54) is 22.3 Å². The first-order valence-electron chi connectivity index (χ1n) is 10.3. The maximum Gasteiger partial charge on any atom is 0.150 e. The Morgan fingerprint density at radius 3 is 1.90 bits per heavy atom. The number of hydrogen-bond acceptors (Lipinski definition) is 2. The van der Waals surface area contributed by atoms with Crippen LogP contribution in [-0.4, -0.2) is 0 Å². The Kier molecular flexibility index (Phi) is 3.39. The Balaban J connectivity index is 1.79. The van der Waals surface area contributed by atoms with Gasteiger partial charge in [-0.1, -0.05) is 66.2 Å². The molecule has 31 heavy (non-hydrogen) atoms. The van der Waals surface area contributed by atoms with Crippen LogP contribution < -0.4 is 0 Å². The van der Waals surface area contributed by atoms with Crippen LogP contribution in [0.1, 0.15) is 25.0 Å². The highest BCUT2D eigenvalue weighted by Crippen LogP contribution is 2.58. The number of furan rings is 2. The summed E-state index contributed by atoms with van der Waals surface area (Å²) >= 11 is 7.65. The number of rotatable bonds is 0. The van der Waals surface area contributed by atoms with Gasteiger partial charge in [0.1, 0.15) is 22.3 Å². The van der Waals surface area contributed by atoms with Crippen LogP contribution >= 0.6 is 31.9 Å². The molecule has 0 N–H and O–H groups in total. The SMILES string of the molecule is CC1(C)c2cc(Br)c3c(oc4ccccc43)c2-c2c1cc(Br)c1oc3ccccc3c21. The van der Waals surface area contributed by atoms with Gasteiger partial charge < -0.3 is 8.83 Å². The zero-order chi connectivity index (χ0) is 21.1. The summed E-state index contributed by atoms with van der Waals surface area (Å²) in [7, 11) is 0. The van der Waals surface area contributed by atoms with E-state index >= 15 is 0 Å². The maximum atomic E-state index is 6.52. The van der Waals surface area contributed by atoms with Gasteiger partial charge in [0.15, 0.2) is 0 Å². The summed E-state index contributed by atoms with van der Waals surface area (Å²) in [4.78, 5) is 0. The molecule has 0 aliphatic heterocycles. The van der Waals surface area contributed by atoms with Gasteiger partial charge in [0.25, 0.3) is 0 Å². The normalized spacial score (nSPS) is 14.7. The van der Waals surface area contributed by atoms with Crippen molar-refractivity contribution in [2.75, 3.05) is 0 Å². The van der Waals surface area contributed by atoms with Gasteiger partial charge in [0.2, 0.25) is 0 Å². The van der Waals surface area contributed by atoms with E-state index < -0.39 is 0 Å². The number of hydrogen-bond donors (Lipinski definition) is 0. The van der Waals surface area contributed by atoms with Crippen LogP contribution in [0.3, 0.4) is 0 Å². The van der Waals surface area contributed by atoms with E-state index in [2.05, 4.69) is 82.1 Å². The van der Waals surface area contributed by atoms with Gasteiger partial charge in [0.05, 0.1) is 4.47 Å². The minimum absolute atomic E-state index is 0.171. The Labute approximate surface area is 195 Å². The lowest BCUT2D eigenvalue weighted by molar-refractivity contribution is 0.650. The highest BCUT2D eigenvalue weighted by atomic mass is 79.9. The second-order valence-electron chi connectivity index (χ2n) is 8.79. The average Bonchev–Trinajstić information content (AvgIpc) is 3.39. The number of benzene rings is 4. The minimum Gasteiger partial charge on any atom is -0.455 e. The average molecular weight is 532 g/mol. The standard InChI is InChI=1S/C27H16Br2O2/c1-27(2)15-12-18(29)25-22(14-8-4-6-10-20(14)30-25)23(15)24-16(27)11-17(28)21-13-7-3-5-9-19(13)31-26(21)24/h3-12H,1-2H3. The van der Waals surface area contributed by atoms with E-state index in [4.69, 9.17) is 8.83 Å². The van der Waals surface area contributed by atoms with Crippen molar-refractivity contribution in [3.8, 4) is 11.1 Å². The molecule has 2 aromatic heterocycles. The summed E-state index contributed by atoms with van der Waals surface area (Å²) < 4.78 is 14.9. The summed E-state index contributed by atoms with van der Waals surface area (Å²) in [6.07, 6.45) is 0. The molecular formula is C27H16Br2O2. The fraction of sp³-hybridized carbons (Fsp3) is 0.111. The molecule has 4 heteroatoms. The van der Waals surface area contributed by atoms with Crippen molar-refractivity contribution in [3.05, 3.63) is 80.7 Å². The van der Waals surface area contributed by atoms with Crippen molar-refractivity contribution in [2.45, 2.75) is 19.3 Å². The zero-order valence-electron chi connectivity index (χ0n) is 16.8. The van der Waals surface area contributed by atoms with Crippen molar-refractivity contribution >= 4 is 75.7 Å². The van der Waals surface area contributed by atoms with Crippen LogP contribution in [0.2, 0.25) is 0 Å². The van der Waals surface area contributed by atoms with Crippen molar-refractivity contribution in [1.82, 2.24) is 0 Å². The van der Waals surface area contributed by atoms with E-state index in [1.54, 1.807) is 0 Å². The van der Waals surface area contributed by atoms with Crippen LogP contribution in [-0.2, 0) is 5.41 Å². The minimum atomic E-state index is -0.171. The molecule has 2 heterocycles. The summed E-state index contributed by atoms with van der Waals surface area (Å²) in [6.45, 7) is 4.58. The largest absolute Gasteiger partial charge is 0.455 e. The smallest absolute Gasteiger partial charge is 0.150 e. The third kappa shape index (κ3) is 2.12. The molecule has 1 aliphatic rings. The highest BCUT2D eigenvalue weighted by Gasteiger charge is 2.41. The first-order valence-corrected chi connectivity index (χ1v) is 11.8. The summed E-state index contributed by atoms with van der Waals surface area (Å²) in [5, 5.41) is 4.53. The van der Waals surface area contributed by atoms with Gasteiger partial charge in [0, 0.05) is 42.6 Å². The van der Waals surface area contributed by atoms with Gasteiger partial charge >= 0.3 is 0 Å². The first-order chi connectivity index (χ1) is 15.0. The van der Waals surface area contributed by atoms with Crippen LogP contribution in [0.5, 0.6) is 0 Å². The number of fused-ring (bicyclic) bond motifs is 11. The van der Waals surface area contributed by atoms with Gasteiger partial charge in [-0.05, 0) is 51.3 Å². The van der Waals surface area contributed by atoms with Crippen LogP contribution in [0, 0.1) is 0 Å². The quantitative estimate of drug-likeness (QED) is 0.195. The predicted molar refractivity (Wildman–Crippen MR) is 134 cm³/mol. The molecule has 1 aliphatic carbocycles. The third-order valence-electron chi connectivity index (χ3n) is 6.80. The Hall–Kier alpha value is -2.56. The third-order valence-corrected chi connectivity index (χ3v) is 8.02. The molecule has 0 amide bonds. The molecule has 4 aromatic carbocycles. The monoisotopic (exact) mass is 530 g/mol. The predicted octanol–water partition coefficient (Wildman–Crippen LogP) is 9.32. The van der Waals surface area contributed by atoms with Crippen molar-refractivity contribution < 1.29 is 8.83 Å². The molecule has 6 aromatic rings. The van der Waals surface area contributed by atoms with E-state index in [1.807, 2.05) is 24.3 Å². The van der Waals surface area contributed by atoms with Crippen molar-refractivity contribution in [1.29, 1.82) is 0 Å². The molecule has 0 unspecified atom stereocenters. The summed E-state index contributed by atoms with van der Waals surface area (Å²) in [5.41, 5.74) is 8.41. The number of para-hydroxylation sites is 2. The fourth-order valence-electron chi connectivity index (χ4n) is 5.35. The second-order valence-corrected chi connectivity index (χ2v) is 10.5. The van der Waals surface area contributed by atoms with E-state index in [9.17, 15) is 0 Å². The number of halogens is 2. The van der Waals surface area contributed by atoms with Gasteiger partial charge in [-0.3, -0.25) is 0 Å². The van der Waals surface area contributed by atoms with Gasteiger partial charge in [-0.2, -0.15) is 0 Å². The first kappa shape index (κ1) is 18.1. The summed E-state index contributed by atoms with van der Waals surface area (Å²) in [5.74, 6) is 0. The Morgan fingerprint density at radius 1 is 0.645 bits per heavy atom. The lowest BCUT2D eigenvalue weighted by Gasteiger charge is -2.22. The van der Waals surface area contributed by atoms with Crippen molar-refractivity contribution in [2.24, 2.45) is 0 Å². The second kappa shape index (κ2) is 5.81. The molecule has 0 saturated heterocycles. The van der Waals surface area contributed by atoms with Gasteiger partial charge in [-0.25, -0.2) is 0 Å². The van der Waals surface area contributed by atoms with Crippen LogP contribution in [0.15, 0.2) is 78.4 Å². The fourth-order valence-corrected chi connectivity index (χ4v) is 6.48. The maximum absolute atomic E-state index is 6.52. The molecule has 0 saturated carbocycles. The molecule has 0 fully saturated rings. The molecule has 0 spiro atoms.